The van der Waals surface area contributed by atoms with E-state index in [1.54, 1.807) is 4.90 Å². The van der Waals surface area contributed by atoms with Gasteiger partial charge in [0, 0.05) is 19.6 Å². The number of aryl methyl sites for hydroxylation is 1. The SMILES string of the molecule is Cc1ccccc1CN1CCN(c2ccccc2N)C1=O. The number of nitrogen functional groups attached to an aromatic ring is 1. The normalized spacial score (nSPS) is 14.8. The van der Waals surface area contributed by atoms with Crippen LogP contribution < -0.4 is 10.6 Å². The summed E-state index contributed by atoms with van der Waals surface area (Å²) in [6.45, 7) is 4.12. The summed E-state index contributed by atoms with van der Waals surface area (Å²) in [6, 6.07) is 15.7. The lowest BCUT2D eigenvalue weighted by Crippen LogP contribution is -2.32. The van der Waals surface area contributed by atoms with Crippen LogP contribution in [0.4, 0.5) is 16.2 Å². The highest BCUT2D eigenvalue weighted by atomic mass is 16.2. The Labute approximate surface area is 124 Å². The molecule has 0 bridgehead atoms. The highest BCUT2D eigenvalue weighted by molar-refractivity contribution is 5.97. The summed E-state index contributed by atoms with van der Waals surface area (Å²) in [7, 11) is 0. The molecule has 2 amide bonds. The van der Waals surface area contributed by atoms with Crippen molar-refractivity contribution in [2.45, 2.75) is 13.5 Å². The van der Waals surface area contributed by atoms with Crippen molar-refractivity contribution < 1.29 is 4.79 Å². The maximum absolute atomic E-state index is 12.6. The van der Waals surface area contributed by atoms with Gasteiger partial charge in [-0.05, 0) is 30.2 Å². The maximum Gasteiger partial charge on any atom is 0.324 e. The van der Waals surface area contributed by atoms with E-state index < -0.39 is 0 Å². The van der Waals surface area contributed by atoms with Crippen molar-refractivity contribution in [3.8, 4) is 0 Å². The minimum atomic E-state index is 0.0242. The predicted octanol–water partition coefficient (Wildman–Crippen LogP) is 3.02. The second-order valence-corrected chi connectivity index (χ2v) is 5.34. The van der Waals surface area contributed by atoms with Gasteiger partial charge in [-0.15, -0.1) is 0 Å². The van der Waals surface area contributed by atoms with E-state index in [0.29, 0.717) is 18.8 Å². The molecule has 0 atom stereocenters. The zero-order valence-electron chi connectivity index (χ0n) is 12.1. The summed E-state index contributed by atoms with van der Waals surface area (Å²) in [5, 5.41) is 0. The molecule has 0 radical (unpaired) electrons. The summed E-state index contributed by atoms with van der Waals surface area (Å²) < 4.78 is 0. The number of nitrogens with zero attached hydrogens (tertiary/aromatic N) is 2. The summed E-state index contributed by atoms with van der Waals surface area (Å²) in [5.41, 5.74) is 9.81. The Kier molecular flexibility index (Phi) is 3.52. The number of anilines is 2. The molecule has 0 unspecified atom stereocenters. The fourth-order valence-electron chi connectivity index (χ4n) is 2.68. The van der Waals surface area contributed by atoms with Crippen LogP contribution in [0.15, 0.2) is 48.5 Å². The zero-order chi connectivity index (χ0) is 14.8. The minimum Gasteiger partial charge on any atom is -0.397 e. The van der Waals surface area contributed by atoms with Crippen LogP contribution in [0.25, 0.3) is 0 Å². The van der Waals surface area contributed by atoms with E-state index in [0.717, 1.165) is 12.2 Å². The number of amides is 2. The van der Waals surface area contributed by atoms with Crippen LogP contribution in [0.5, 0.6) is 0 Å². The molecule has 0 spiro atoms. The third-order valence-corrected chi connectivity index (χ3v) is 3.94. The van der Waals surface area contributed by atoms with Crippen molar-refractivity contribution in [3.05, 3.63) is 59.7 Å². The molecule has 4 nitrogen and oxygen atoms in total. The van der Waals surface area contributed by atoms with Crippen LogP contribution in [0, 0.1) is 6.92 Å². The highest BCUT2D eigenvalue weighted by Gasteiger charge is 2.30. The minimum absolute atomic E-state index is 0.0242. The van der Waals surface area contributed by atoms with Gasteiger partial charge in [0.15, 0.2) is 0 Å². The maximum atomic E-state index is 12.6. The number of para-hydroxylation sites is 2. The molecule has 1 aliphatic heterocycles. The monoisotopic (exact) mass is 281 g/mol. The van der Waals surface area contributed by atoms with Crippen LogP contribution in [-0.2, 0) is 6.54 Å². The molecule has 2 aromatic rings. The predicted molar refractivity (Wildman–Crippen MR) is 85.2 cm³/mol. The van der Waals surface area contributed by atoms with E-state index in [1.165, 1.54) is 11.1 Å². The van der Waals surface area contributed by atoms with Gasteiger partial charge in [-0.2, -0.15) is 0 Å². The van der Waals surface area contributed by atoms with Crippen molar-refractivity contribution in [2.24, 2.45) is 0 Å². The second kappa shape index (κ2) is 5.48. The van der Waals surface area contributed by atoms with Crippen molar-refractivity contribution in [1.82, 2.24) is 4.90 Å². The number of nitrogens with two attached hydrogens (primary N) is 1. The Morgan fingerprint density at radius 3 is 2.52 bits per heavy atom. The number of hydrogen-bond acceptors (Lipinski definition) is 2. The van der Waals surface area contributed by atoms with Gasteiger partial charge in [0.05, 0.1) is 11.4 Å². The molecular formula is C17H19N3O. The second-order valence-electron chi connectivity index (χ2n) is 5.34. The Morgan fingerprint density at radius 1 is 1.05 bits per heavy atom. The quantitative estimate of drug-likeness (QED) is 0.879. The lowest BCUT2D eigenvalue weighted by Gasteiger charge is -2.20. The van der Waals surface area contributed by atoms with Crippen LogP contribution >= 0.6 is 0 Å². The van der Waals surface area contributed by atoms with Gasteiger partial charge in [0.1, 0.15) is 0 Å². The summed E-state index contributed by atoms with van der Waals surface area (Å²) in [6.07, 6.45) is 0. The van der Waals surface area contributed by atoms with E-state index in [4.69, 9.17) is 5.73 Å². The first-order valence-electron chi connectivity index (χ1n) is 7.12. The van der Waals surface area contributed by atoms with Gasteiger partial charge in [0.25, 0.3) is 0 Å². The zero-order valence-corrected chi connectivity index (χ0v) is 12.1. The van der Waals surface area contributed by atoms with E-state index in [-0.39, 0.29) is 6.03 Å². The van der Waals surface area contributed by atoms with Crippen molar-refractivity contribution >= 4 is 17.4 Å². The standard InChI is InChI=1S/C17H19N3O/c1-13-6-2-3-7-14(13)12-19-10-11-20(17(19)21)16-9-5-4-8-15(16)18/h2-9H,10-12,18H2,1H3. The Morgan fingerprint density at radius 2 is 1.76 bits per heavy atom. The van der Waals surface area contributed by atoms with E-state index in [2.05, 4.69) is 19.1 Å². The molecular weight excluding hydrogens is 262 g/mol. The van der Waals surface area contributed by atoms with Gasteiger partial charge in [-0.25, -0.2) is 4.79 Å². The van der Waals surface area contributed by atoms with E-state index in [9.17, 15) is 4.79 Å². The Balaban J connectivity index is 1.78. The number of urea groups is 1. The number of carbonyl (C=O) groups is 1. The third kappa shape index (κ3) is 2.57. The van der Waals surface area contributed by atoms with Gasteiger partial charge in [-0.3, -0.25) is 4.90 Å². The van der Waals surface area contributed by atoms with Crippen molar-refractivity contribution in [2.75, 3.05) is 23.7 Å². The smallest absolute Gasteiger partial charge is 0.324 e. The molecule has 1 fully saturated rings. The van der Waals surface area contributed by atoms with Crippen LogP contribution in [-0.4, -0.2) is 24.0 Å². The number of hydrogen-bond donors (Lipinski definition) is 1. The van der Waals surface area contributed by atoms with Crippen LogP contribution in [0.2, 0.25) is 0 Å². The summed E-state index contributed by atoms with van der Waals surface area (Å²) in [4.78, 5) is 16.2. The summed E-state index contributed by atoms with van der Waals surface area (Å²) in [5.74, 6) is 0. The van der Waals surface area contributed by atoms with Gasteiger partial charge < -0.3 is 10.6 Å². The molecule has 0 aliphatic carbocycles. The van der Waals surface area contributed by atoms with E-state index >= 15 is 0 Å². The largest absolute Gasteiger partial charge is 0.397 e. The summed E-state index contributed by atoms with van der Waals surface area (Å²) >= 11 is 0. The number of carbonyl (C=O) groups excluding carboxylic acids is 1. The fraction of sp³-hybridized carbons (Fsp3) is 0.235. The number of benzene rings is 2. The first-order chi connectivity index (χ1) is 10.2. The lowest BCUT2D eigenvalue weighted by molar-refractivity contribution is 0.218. The Bertz CT molecular complexity index is 669. The number of rotatable bonds is 3. The molecule has 4 heteroatoms. The van der Waals surface area contributed by atoms with Gasteiger partial charge in [-0.1, -0.05) is 36.4 Å². The molecule has 1 saturated heterocycles. The first-order valence-corrected chi connectivity index (χ1v) is 7.12. The van der Waals surface area contributed by atoms with Crippen LogP contribution in [0.1, 0.15) is 11.1 Å². The lowest BCUT2D eigenvalue weighted by atomic mass is 10.1. The molecule has 0 aromatic heterocycles. The average molecular weight is 281 g/mol. The first kappa shape index (κ1) is 13.5. The van der Waals surface area contributed by atoms with Crippen LogP contribution in [0.3, 0.4) is 0 Å². The third-order valence-electron chi connectivity index (χ3n) is 3.94. The molecule has 2 aromatic carbocycles. The highest BCUT2D eigenvalue weighted by Crippen LogP contribution is 2.27. The van der Waals surface area contributed by atoms with Crippen molar-refractivity contribution in [3.63, 3.8) is 0 Å². The molecule has 1 aliphatic rings. The molecule has 0 saturated carbocycles. The molecule has 1 heterocycles. The topological polar surface area (TPSA) is 49.6 Å². The Hall–Kier alpha value is -2.49. The molecule has 2 N–H and O–H groups in total. The fourth-order valence-corrected chi connectivity index (χ4v) is 2.68. The average Bonchev–Trinajstić information content (AvgIpc) is 2.83. The van der Waals surface area contributed by atoms with Gasteiger partial charge in [0.2, 0.25) is 0 Å². The van der Waals surface area contributed by atoms with E-state index in [1.807, 2.05) is 41.3 Å². The van der Waals surface area contributed by atoms with Gasteiger partial charge >= 0.3 is 6.03 Å². The molecule has 3 rings (SSSR count). The molecule has 21 heavy (non-hydrogen) atoms. The molecule has 108 valence electrons. The van der Waals surface area contributed by atoms with Crippen molar-refractivity contribution in [1.29, 1.82) is 0 Å².